The smallest absolute Gasteiger partial charge is 0.280 e. The van der Waals surface area contributed by atoms with Crippen LogP contribution in [0.2, 0.25) is 5.02 Å². The highest BCUT2D eigenvalue weighted by molar-refractivity contribution is 9.10. The lowest BCUT2D eigenvalue weighted by Crippen LogP contribution is -2.17. The van der Waals surface area contributed by atoms with Gasteiger partial charge in [-0.1, -0.05) is 11.6 Å². The average molecular weight is 366 g/mol. The second-order valence-electron chi connectivity index (χ2n) is 3.76. The highest BCUT2D eigenvalue weighted by atomic mass is 79.9. The van der Waals surface area contributed by atoms with Crippen molar-refractivity contribution in [2.75, 3.05) is 10.5 Å². The molecule has 2 aromatic rings. The molecule has 0 amide bonds. The third kappa shape index (κ3) is 2.85. The summed E-state index contributed by atoms with van der Waals surface area (Å²) in [4.78, 5) is 0. The molecule has 1 aromatic carbocycles. The van der Waals surface area contributed by atoms with E-state index in [2.05, 4.69) is 25.8 Å². The van der Waals surface area contributed by atoms with Gasteiger partial charge in [0, 0.05) is 17.2 Å². The Balaban J connectivity index is 2.39. The van der Waals surface area contributed by atoms with Crippen LogP contribution >= 0.6 is 27.5 Å². The second-order valence-corrected chi connectivity index (χ2v) is 6.62. The molecule has 0 aliphatic heterocycles. The van der Waals surface area contributed by atoms with Crippen molar-refractivity contribution in [1.29, 1.82) is 0 Å². The van der Waals surface area contributed by atoms with E-state index >= 15 is 0 Å². The van der Waals surface area contributed by atoms with Crippen LogP contribution in [0.4, 0.5) is 11.4 Å². The quantitative estimate of drug-likeness (QED) is 0.816. The van der Waals surface area contributed by atoms with Gasteiger partial charge in [-0.15, -0.1) is 0 Å². The molecule has 2 rings (SSSR count). The van der Waals surface area contributed by atoms with Gasteiger partial charge in [-0.05, 0) is 34.1 Å². The standard InChI is InChI=1S/C10H10BrClN4O2S/c1-16-10(8(12)5-14-16)19(17,18)15-6-2-3-7(11)9(13)4-6/h2-5,15H,13H2,1H3. The molecular weight excluding hydrogens is 356 g/mol. The minimum Gasteiger partial charge on any atom is -0.398 e. The molecule has 0 unspecified atom stereocenters. The van der Waals surface area contributed by atoms with E-state index in [4.69, 9.17) is 17.3 Å². The highest BCUT2D eigenvalue weighted by Crippen LogP contribution is 2.26. The summed E-state index contributed by atoms with van der Waals surface area (Å²) in [6.45, 7) is 0. The zero-order chi connectivity index (χ0) is 14.2. The van der Waals surface area contributed by atoms with Crippen LogP contribution in [-0.2, 0) is 17.1 Å². The Labute approximate surface area is 123 Å². The fraction of sp³-hybridized carbons (Fsp3) is 0.100. The minimum atomic E-state index is -3.81. The molecule has 0 saturated heterocycles. The lowest BCUT2D eigenvalue weighted by Gasteiger charge is -2.09. The maximum Gasteiger partial charge on any atom is 0.280 e. The molecule has 19 heavy (non-hydrogen) atoms. The lowest BCUT2D eigenvalue weighted by molar-refractivity contribution is 0.582. The molecule has 3 N–H and O–H groups in total. The van der Waals surface area contributed by atoms with Crippen molar-refractivity contribution in [3.05, 3.63) is 33.9 Å². The Morgan fingerprint density at radius 1 is 1.47 bits per heavy atom. The van der Waals surface area contributed by atoms with Gasteiger partial charge in [-0.2, -0.15) is 13.5 Å². The van der Waals surface area contributed by atoms with Crippen molar-refractivity contribution in [3.8, 4) is 0 Å². The van der Waals surface area contributed by atoms with Crippen molar-refractivity contribution < 1.29 is 8.42 Å². The van der Waals surface area contributed by atoms with Crippen molar-refractivity contribution in [2.45, 2.75) is 5.03 Å². The van der Waals surface area contributed by atoms with Crippen LogP contribution in [0.5, 0.6) is 0 Å². The highest BCUT2D eigenvalue weighted by Gasteiger charge is 2.22. The van der Waals surface area contributed by atoms with Gasteiger partial charge in [0.25, 0.3) is 10.0 Å². The Kier molecular flexibility index (Phi) is 3.75. The van der Waals surface area contributed by atoms with E-state index in [0.29, 0.717) is 15.8 Å². The molecule has 0 bridgehead atoms. The van der Waals surface area contributed by atoms with Crippen LogP contribution in [-0.4, -0.2) is 18.2 Å². The first-order valence-corrected chi connectivity index (χ1v) is 7.72. The number of aromatic nitrogens is 2. The summed E-state index contributed by atoms with van der Waals surface area (Å²) < 4.78 is 28.7. The second kappa shape index (κ2) is 5.03. The van der Waals surface area contributed by atoms with Crippen molar-refractivity contribution in [1.82, 2.24) is 9.78 Å². The van der Waals surface area contributed by atoms with E-state index in [9.17, 15) is 8.42 Å². The summed E-state index contributed by atoms with van der Waals surface area (Å²) >= 11 is 9.05. The number of hydrogen-bond acceptors (Lipinski definition) is 4. The van der Waals surface area contributed by atoms with Crippen LogP contribution in [0.15, 0.2) is 33.9 Å². The number of nitrogens with two attached hydrogens (primary N) is 1. The van der Waals surface area contributed by atoms with Gasteiger partial charge in [0.2, 0.25) is 0 Å². The normalized spacial score (nSPS) is 11.5. The molecule has 1 heterocycles. The fourth-order valence-electron chi connectivity index (χ4n) is 1.51. The molecule has 0 radical (unpaired) electrons. The van der Waals surface area contributed by atoms with E-state index in [1.54, 1.807) is 12.1 Å². The summed E-state index contributed by atoms with van der Waals surface area (Å²) in [6.07, 6.45) is 1.27. The van der Waals surface area contributed by atoms with Crippen molar-refractivity contribution in [3.63, 3.8) is 0 Å². The van der Waals surface area contributed by atoms with E-state index in [0.717, 1.165) is 0 Å². The number of sulfonamides is 1. The van der Waals surface area contributed by atoms with Gasteiger partial charge in [0.15, 0.2) is 5.03 Å². The van der Waals surface area contributed by atoms with Crippen LogP contribution in [0.25, 0.3) is 0 Å². The summed E-state index contributed by atoms with van der Waals surface area (Å²) in [5.41, 5.74) is 6.47. The molecule has 6 nitrogen and oxygen atoms in total. The number of rotatable bonds is 3. The molecule has 0 atom stereocenters. The molecule has 0 aliphatic carbocycles. The first kappa shape index (κ1) is 14.2. The molecular formula is C10H10BrClN4O2S. The number of nitrogen functional groups attached to an aromatic ring is 1. The Morgan fingerprint density at radius 2 is 2.16 bits per heavy atom. The molecule has 1 aromatic heterocycles. The molecule has 0 fully saturated rings. The first-order chi connectivity index (χ1) is 8.81. The van der Waals surface area contributed by atoms with Gasteiger partial charge in [0.05, 0.1) is 16.9 Å². The molecule has 102 valence electrons. The number of nitrogens with one attached hydrogen (secondary N) is 1. The molecule has 0 saturated carbocycles. The van der Waals surface area contributed by atoms with Gasteiger partial charge >= 0.3 is 0 Å². The minimum absolute atomic E-state index is 0.0556. The zero-order valence-corrected chi connectivity index (χ0v) is 12.9. The predicted molar refractivity (Wildman–Crippen MR) is 77.6 cm³/mol. The van der Waals surface area contributed by atoms with Crippen LogP contribution in [0, 0.1) is 0 Å². The van der Waals surface area contributed by atoms with Gasteiger partial charge in [-0.3, -0.25) is 9.40 Å². The lowest BCUT2D eigenvalue weighted by atomic mass is 10.3. The van der Waals surface area contributed by atoms with E-state index in [1.165, 1.54) is 24.0 Å². The van der Waals surface area contributed by atoms with Crippen LogP contribution in [0.3, 0.4) is 0 Å². The number of hydrogen-bond donors (Lipinski definition) is 2. The Hall–Kier alpha value is -1.25. The summed E-state index contributed by atoms with van der Waals surface area (Å²) in [7, 11) is -2.32. The largest absolute Gasteiger partial charge is 0.398 e. The average Bonchev–Trinajstić information content (AvgIpc) is 2.64. The number of benzene rings is 1. The van der Waals surface area contributed by atoms with Crippen LogP contribution < -0.4 is 10.5 Å². The summed E-state index contributed by atoms with van der Waals surface area (Å²) in [5, 5.41) is 3.74. The van der Waals surface area contributed by atoms with Crippen molar-refractivity contribution in [2.24, 2.45) is 7.05 Å². The third-order valence-electron chi connectivity index (χ3n) is 2.35. The topological polar surface area (TPSA) is 90.0 Å². The van der Waals surface area contributed by atoms with E-state index in [-0.39, 0.29) is 10.0 Å². The maximum absolute atomic E-state index is 12.2. The monoisotopic (exact) mass is 364 g/mol. The fourth-order valence-corrected chi connectivity index (χ4v) is 3.47. The number of anilines is 2. The van der Waals surface area contributed by atoms with Crippen LogP contribution in [0.1, 0.15) is 0 Å². The summed E-state index contributed by atoms with van der Waals surface area (Å²) in [5.74, 6) is 0. The predicted octanol–water partition coefficient (Wildman–Crippen LogP) is 2.22. The summed E-state index contributed by atoms with van der Waals surface area (Å²) in [6, 6.07) is 4.74. The Bertz CT molecular complexity index is 710. The molecule has 0 aliphatic rings. The third-order valence-corrected chi connectivity index (χ3v) is 4.95. The van der Waals surface area contributed by atoms with Crippen molar-refractivity contribution >= 4 is 48.9 Å². The van der Waals surface area contributed by atoms with Gasteiger partial charge < -0.3 is 5.73 Å². The molecule has 0 spiro atoms. The van der Waals surface area contributed by atoms with E-state index < -0.39 is 10.0 Å². The molecule has 9 heteroatoms. The Morgan fingerprint density at radius 3 is 2.68 bits per heavy atom. The zero-order valence-electron chi connectivity index (χ0n) is 9.76. The van der Waals surface area contributed by atoms with Gasteiger partial charge in [0.1, 0.15) is 0 Å². The maximum atomic E-state index is 12.2. The number of nitrogens with zero attached hydrogens (tertiary/aromatic N) is 2. The number of aryl methyl sites for hydroxylation is 1. The SMILES string of the molecule is Cn1ncc(Cl)c1S(=O)(=O)Nc1ccc(Br)c(N)c1. The van der Waals surface area contributed by atoms with Gasteiger partial charge in [-0.25, -0.2) is 0 Å². The first-order valence-electron chi connectivity index (χ1n) is 5.06. The number of halogens is 2. The van der Waals surface area contributed by atoms with E-state index in [1.807, 2.05) is 0 Å².